The molecule has 1 heterocycles. The molecular formula is C13H16ClN3. The Morgan fingerprint density at radius 2 is 2.00 bits per heavy atom. The van der Waals surface area contributed by atoms with Crippen LogP contribution in [0.1, 0.15) is 17.0 Å². The maximum atomic E-state index is 6.17. The van der Waals surface area contributed by atoms with Gasteiger partial charge in [-0.1, -0.05) is 29.8 Å². The molecule has 1 aromatic heterocycles. The van der Waals surface area contributed by atoms with E-state index in [1.807, 2.05) is 36.7 Å². The van der Waals surface area contributed by atoms with E-state index in [1.54, 1.807) is 0 Å². The van der Waals surface area contributed by atoms with Crippen molar-refractivity contribution in [3.8, 4) is 5.69 Å². The van der Waals surface area contributed by atoms with E-state index in [2.05, 4.69) is 11.2 Å². The minimum Gasteiger partial charge on any atom is -0.330 e. The highest BCUT2D eigenvalue weighted by Crippen LogP contribution is 2.24. The lowest BCUT2D eigenvalue weighted by atomic mass is 10.1. The van der Waals surface area contributed by atoms with Crippen LogP contribution in [0.5, 0.6) is 0 Å². The van der Waals surface area contributed by atoms with Gasteiger partial charge in [0.05, 0.1) is 22.1 Å². The Labute approximate surface area is 106 Å². The second-order valence-corrected chi connectivity index (χ2v) is 4.44. The summed E-state index contributed by atoms with van der Waals surface area (Å²) in [5, 5.41) is 5.20. The fourth-order valence-electron chi connectivity index (χ4n) is 1.94. The number of para-hydroxylation sites is 1. The number of aryl methyl sites for hydroxylation is 1. The molecular weight excluding hydrogens is 234 g/mol. The molecule has 0 aliphatic heterocycles. The number of rotatable bonds is 3. The number of benzene rings is 1. The smallest absolute Gasteiger partial charge is 0.0848 e. The van der Waals surface area contributed by atoms with Gasteiger partial charge in [0.1, 0.15) is 0 Å². The number of aromatic nitrogens is 2. The van der Waals surface area contributed by atoms with E-state index in [4.69, 9.17) is 17.3 Å². The summed E-state index contributed by atoms with van der Waals surface area (Å²) in [4.78, 5) is 0. The second kappa shape index (κ2) is 4.90. The number of nitrogens with two attached hydrogens (primary N) is 1. The quantitative estimate of drug-likeness (QED) is 0.909. The van der Waals surface area contributed by atoms with Crippen molar-refractivity contribution in [2.75, 3.05) is 6.54 Å². The molecule has 0 radical (unpaired) electrons. The highest BCUT2D eigenvalue weighted by atomic mass is 35.5. The Bertz CT molecular complexity index is 531. The number of hydrogen-bond donors (Lipinski definition) is 1. The lowest BCUT2D eigenvalue weighted by Crippen LogP contribution is -2.08. The normalized spacial score (nSPS) is 10.8. The zero-order valence-corrected chi connectivity index (χ0v) is 10.8. The number of hydrogen-bond acceptors (Lipinski definition) is 2. The standard InChI is InChI=1S/C13H16ClN3/c1-9-13(14)10(2)17(16-9)12-6-4-3-5-11(12)7-8-15/h3-6H,7-8,15H2,1-2H3. The van der Waals surface area contributed by atoms with Crippen molar-refractivity contribution >= 4 is 11.6 Å². The molecule has 0 bridgehead atoms. The summed E-state index contributed by atoms with van der Waals surface area (Å²) in [6.07, 6.45) is 0.839. The van der Waals surface area contributed by atoms with Gasteiger partial charge in [-0.25, -0.2) is 4.68 Å². The summed E-state index contributed by atoms with van der Waals surface area (Å²) in [6.45, 7) is 4.52. The zero-order chi connectivity index (χ0) is 12.4. The van der Waals surface area contributed by atoms with Crippen LogP contribution in [0.15, 0.2) is 24.3 Å². The van der Waals surface area contributed by atoms with Crippen LogP contribution in [-0.2, 0) is 6.42 Å². The Morgan fingerprint density at radius 1 is 1.29 bits per heavy atom. The van der Waals surface area contributed by atoms with Crippen LogP contribution in [0.4, 0.5) is 0 Å². The first-order valence-corrected chi connectivity index (χ1v) is 6.03. The lowest BCUT2D eigenvalue weighted by Gasteiger charge is -2.10. The molecule has 0 unspecified atom stereocenters. The van der Waals surface area contributed by atoms with Gasteiger partial charge in [0.2, 0.25) is 0 Å². The average molecular weight is 250 g/mol. The summed E-state index contributed by atoms with van der Waals surface area (Å²) < 4.78 is 1.89. The summed E-state index contributed by atoms with van der Waals surface area (Å²) in [5.74, 6) is 0. The molecule has 0 aliphatic rings. The predicted molar refractivity (Wildman–Crippen MR) is 70.8 cm³/mol. The third-order valence-corrected chi connectivity index (χ3v) is 3.38. The maximum Gasteiger partial charge on any atom is 0.0848 e. The van der Waals surface area contributed by atoms with E-state index >= 15 is 0 Å². The van der Waals surface area contributed by atoms with Crippen molar-refractivity contribution in [2.45, 2.75) is 20.3 Å². The Hall–Kier alpha value is -1.32. The zero-order valence-electron chi connectivity index (χ0n) is 10.1. The molecule has 2 aromatic rings. The van der Waals surface area contributed by atoms with Gasteiger partial charge in [-0.2, -0.15) is 5.10 Å². The van der Waals surface area contributed by atoms with Gasteiger partial charge in [-0.3, -0.25) is 0 Å². The van der Waals surface area contributed by atoms with Crippen molar-refractivity contribution in [1.29, 1.82) is 0 Å². The molecule has 0 saturated carbocycles. The van der Waals surface area contributed by atoms with Gasteiger partial charge in [0, 0.05) is 0 Å². The monoisotopic (exact) mass is 249 g/mol. The summed E-state index contributed by atoms with van der Waals surface area (Å²) in [7, 11) is 0. The van der Waals surface area contributed by atoms with Crippen molar-refractivity contribution < 1.29 is 0 Å². The molecule has 0 spiro atoms. The lowest BCUT2D eigenvalue weighted by molar-refractivity contribution is 0.813. The van der Waals surface area contributed by atoms with E-state index in [1.165, 1.54) is 5.56 Å². The minimum atomic E-state index is 0.629. The molecule has 4 heteroatoms. The summed E-state index contributed by atoms with van der Waals surface area (Å²) >= 11 is 6.17. The minimum absolute atomic E-state index is 0.629. The van der Waals surface area contributed by atoms with E-state index in [0.29, 0.717) is 6.54 Å². The van der Waals surface area contributed by atoms with E-state index in [-0.39, 0.29) is 0 Å². The topological polar surface area (TPSA) is 43.8 Å². The van der Waals surface area contributed by atoms with Crippen LogP contribution < -0.4 is 5.73 Å². The molecule has 0 fully saturated rings. The first kappa shape index (κ1) is 12.1. The van der Waals surface area contributed by atoms with E-state index in [9.17, 15) is 0 Å². The van der Waals surface area contributed by atoms with Crippen molar-refractivity contribution in [3.63, 3.8) is 0 Å². The number of halogens is 1. The Kier molecular flexibility index (Phi) is 3.50. The molecule has 0 amide bonds. The van der Waals surface area contributed by atoms with Gasteiger partial charge in [0.15, 0.2) is 0 Å². The van der Waals surface area contributed by atoms with Crippen LogP contribution in [0, 0.1) is 13.8 Å². The Morgan fingerprint density at radius 3 is 2.59 bits per heavy atom. The van der Waals surface area contributed by atoms with Crippen LogP contribution in [0.25, 0.3) is 5.69 Å². The molecule has 0 aliphatic carbocycles. The largest absolute Gasteiger partial charge is 0.330 e. The van der Waals surface area contributed by atoms with Crippen LogP contribution in [-0.4, -0.2) is 16.3 Å². The highest BCUT2D eigenvalue weighted by molar-refractivity contribution is 6.31. The molecule has 1 aromatic carbocycles. The van der Waals surface area contributed by atoms with E-state index in [0.717, 1.165) is 28.5 Å². The maximum absolute atomic E-state index is 6.17. The van der Waals surface area contributed by atoms with Crippen molar-refractivity contribution in [2.24, 2.45) is 5.73 Å². The third kappa shape index (κ3) is 2.21. The molecule has 3 nitrogen and oxygen atoms in total. The van der Waals surface area contributed by atoms with Crippen molar-refractivity contribution in [3.05, 3.63) is 46.2 Å². The predicted octanol–water partition coefficient (Wildman–Crippen LogP) is 2.64. The van der Waals surface area contributed by atoms with Crippen LogP contribution >= 0.6 is 11.6 Å². The third-order valence-electron chi connectivity index (χ3n) is 2.84. The van der Waals surface area contributed by atoms with Gasteiger partial charge in [-0.15, -0.1) is 0 Å². The highest BCUT2D eigenvalue weighted by Gasteiger charge is 2.12. The molecule has 17 heavy (non-hydrogen) atoms. The van der Waals surface area contributed by atoms with Gasteiger partial charge < -0.3 is 5.73 Å². The molecule has 0 atom stereocenters. The van der Waals surface area contributed by atoms with Gasteiger partial charge in [-0.05, 0) is 38.4 Å². The molecule has 2 rings (SSSR count). The summed E-state index contributed by atoms with van der Waals surface area (Å²) in [5.41, 5.74) is 9.70. The molecule has 0 saturated heterocycles. The fourth-order valence-corrected chi connectivity index (χ4v) is 2.06. The first-order chi connectivity index (χ1) is 8.15. The van der Waals surface area contributed by atoms with Crippen LogP contribution in [0.3, 0.4) is 0 Å². The molecule has 2 N–H and O–H groups in total. The first-order valence-electron chi connectivity index (χ1n) is 5.65. The van der Waals surface area contributed by atoms with E-state index < -0.39 is 0 Å². The van der Waals surface area contributed by atoms with Crippen LogP contribution in [0.2, 0.25) is 5.02 Å². The van der Waals surface area contributed by atoms with Crippen molar-refractivity contribution in [1.82, 2.24) is 9.78 Å². The molecule has 90 valence electrons. The Balaban J connectivity index is 2.56. The second-order valence-electron chi connectivity index (χ2n) is 4.06. The SMILES string of the molecule is Cc1nn(-c2ccccc2CCN)c(C)c1Cl. The average Bonchev–Trinajstić information content (AvgIpc) is 2.58. The van der Waals surface area contributed by atoms with Gasteiger partial charge >= 0.3 is 0 Å². The summed E-state index contributed by atoms with van der Waals surface area (Å²) in [6, 6.07) is 8.13. The fraction of sp³-hybridized carbons (Fsp3) is 0.308. The van der Waals surface area contributed by atoms with Gasteiger partial charge in [0.25, 0.3) is 0 Å². The number of nitrogens with zero attached hydrogens (tertiary/aromatic N) is 2.